The van der Waals surface area contributed by atoms with Crippen molar-refractivity contribution in [1.82, 2.24) is 15.0 Å². The Morgan fingerprint density at radius 2 is 1.83 bits per heavy atom. The van der Waals surface area contributed by atoms with Gasteiger partial charge in [0, 0.05) is 6.61 Å². The van der Waals surface area contributed by atoms with Crippen molar-refractivity contribution in [2.24, 2.45) is 0 Å². The van der Waals surface area contributed by atoms with E-state index in [0.717, 1.165) is 42.5 Å². The van der Waals surface area contributed by atoms with Crippen LogP contribution in [0.15, 0.2) is 42.5 Å². The number of nitrogens with zero attached hydrogens (tertiary/aromatic N) is 3. The molecule has 1 N–H and O–H groups in total. The highest BCUT2D eigenvalue weighted by molar-refractivity contribution is 5.73. The van der Waals surface area contributed by atoms with Gasteiger partial charge in [-0.15, -0.1) is 15.0 Å². The summed E-state index contributed by atoms with van der Waals surface area (Å²) in [5, 5.41) is 19.1. The van der Waals surface area contributed by atoms with Crippen molar-refractivity contribution in [2.45, 2.75) is 39.2 Å². The summed E-state index contributed by atoms with van der Waals surface area (Å²) in [5.74, 6) is 0.175. The van der Waals surface area contributed by atoms with Gasteiger partial charge in [0.15, 0.2) is 0 Å². The molecule has 3 aromatic rings. The zero-order chi connectivity index (χ0) is 16.9. The fraction of sp³-hybridized carbons (Fsp3) is 0.368. The zero-order valence-corrected chi connectivity index (χ0v) is 14.1. The number of aromatic nitrogens is 3. The number of fused-ring (bicyclic) bond motifs is 1. The number of hydrogen-bond donors (Lipinski definition) is 1. The van der Waals surface area contributed by atoms with Crippen LogP contribution in [0, 0.1) is 0 Å². The third-order valence-electron chi connectivity index (χ3n) is 3.99. The lowest BCUT2D eigenvalue weighted by molar-refractivity contribution is 0.0610. The van der Waals surface area contributed by atoms with Crippen molar-refractivity contribution in [1.29, 1.82) is 0 Å². The predicted octanol–water partition coefficient (Wildman–Crippen LogP) is 3.87. The van der Waals surface area contributed by atoms with Crippen LogP contribution in [0.1, 0.15) is 32.3 Å². The van der Waals surface area contributed by atoms with Crippen molar-refractivity contribution in [3.63, 3.8) is 0 Å². The molecule has 0 amide bonds. The molecule has 126 valence electrons. The van der Waals surface area contributed by atoms with Crippen LogP contribution in [0.2, 0.25) is 0 Å². The van der Waals surface area contributed by atoms with Crippen LogP contribution in [0.25, 0.3) is 16.7 Å². The van der Waals surface area contributed by atoms with E-state index in [9.17, 15) is 5.11 Å². The van der Waals surface area contributed by atoms with Crippen molar-refractivity contribution in [3.8, 4) is 11.4 Å². The number of benzene rings is 2. The third-order valence-corrected chi connectivity index (χ3v) is 3.99. The summed E-state index contributed by atoms with van der Waals surface area (Å²) in [7, 11) is 0. The molecule has 0 aliphatic heterocycles. The molecular weight excluding hydrogens is 302 g/mol. The van der Waals surface area contributed by atoms with Gasteiger partial charge in [0.05, 0.1) is 6.10 Å². The van der Waals surface area contributed by atoms with Crippen LogP contribution < -0.4 is 0 Å². The van der Waals surface area contributed by atoms with E-state index in [-0.39, 0.29) is 11.9 Å². The Bertz CT molecular complexity index is 780. The molecule has 0 aliphatic rings. The van der Waals surface area contributed by atoms with E-state index in [4.69, 9.17) is 4.74 Å². The number of aromatic hydroxyl groups is 1. The first-order valence-corrected chi connectivity index (χ1v) is 8.43. The third kappa shape index (κ3) is 3.74. The number of phenolic OH excluding ortho intramolecular Hbond substituents is 1. The maximum atomic E-state index is 10.2. The number of rotatable bonds is 7. The molecule has 5 heteroatoms. The van der Waals surface area contributed by atoms with E-state index in [0.29, 0.717) is 5.69 Å². The summed E-state index contributed by atoms with van der Waals surface area (Å²) in [4.78, 5) is 1.50. The Morgan fingerprint density at radius 1 is 1.12 bits per heavy atom. The first-order chi connectivity index (χ1) is 11.7. The highest BCUT2D eigenvalue weighted by Gasteiger charge is 2.10. The molecule has 24 heavy (non-hydrogen) atoms. The van der Waals surface area contributed by atoms with E-state index in [1.807, 2.05) is 36.4 Å². The molecule has 1 heterocycles. The standard InChI is InChI=1S/C19H23N3O2/c1-3-12-24-14(2)8-9-15-10-11-19(23)18(13-15)22-20-16-6-4-5-7-17(16)21-22/h4-7,10-11,13-14,23H,3,8-9,12H2,1-2H3. The zero-order valence-electron chi connectivity index (χ0n) is 14.1. The van der Waals surface area contributed by atoms with Crippen molar-refractivity contribution in [3.05, 3.63) is 48.0 Å². The number of ether oxygens (including phenoxy) is 1. The largest absolute Gasteiger partial charge is 0.506 e. The van der Waals surface area contributed by atoms with Gasteiger partial charge in [0.2, 0.25) is 0 Å². The second-order valence-electron chi connectivity index (χ2n) is 6.02. The average molecular weight is 325 g/mol. The Morgan fingerprint density at radius 3 is 2.50 bits per heavy atom. The quantitative estimate of drug-likeness (QED) is 0.716. The summed E-state index contributed by atoms with van der Waals surface area (Å²) < 4.78 is 5.71. The van der Waals surface area contributed by atoms with Gasteiger partial charge in [-0.2, -0.15) is 0 Å². The monoisotopic (exact) mass is 325 g/mol. The Labute approximate surface area is 141 Å². The van der Waals surface area contributed by atoms with Crippen molar-refractivity contribution >= 4 is 11.0 Å². The number of aryl methyl sites for hydroxylation is 1. The summed E-state index contributed by atoms with van der Waals surface area (Å²) in [6, 6.07) is 13.3. The Hall–Kier alpha value is -2.40. The van der Waals surface area contributed by atoms with E-state index in [2.05, 4.69) is 24.0 Å². The summed E-state index contributed by atoms with van der Waals surface area (Å²) in [6.45, 7) is 5.00. The minimum Gasteiger partial charge on any atom is -0.506 e. The van der Waals surface area contributed by atoms with Crippen LogP contribution in [-0.4, -0.2) is 32.8 Å². The molecule has 0 bridgehead atoms. The maximum Gasteiger partial charge on any atom is 0.143 e. The van der Waals surface area contributed by atoms with Gasteiger partial charge in [-0.3, -0.25) is 0 Å². The second-order valence-corrected chi connectivity index (χ2v) is 6.02. The molecule has 1 unspecified atom stereocenters. The molecule has 0 aliphatic carbocycles. The van der Waals surface area contributed by atoms with Crippen molar-refractivity contribution < 1.29 is 9.84 Å². The highest BCUT2D eigenvalue weighted by Crippen LogP contribution is 2.24. The van der Waals surface area contributed by atoms with Gasteiger partial charge in [-0.1, -0.05) is 25.1 Å². The smallest absolute Gasteiger partial charge is 0.143 e. The fourth-order valence-corrected chi connectivity index (χ4v) is 2.62. The van der Waals surface area contributed by atoms with Gasteiger partial charge in [-0.05, 0) is 56.0 Å². The molecule has 0 saturated carbocycles. The van der Waals surface area contributed by atoms with Gasteiger partial charge in [-0.25, -0.2) is 0 Å². The molecule has 1 atom stereocenters. The Kier molecular flexibility index (Phi) is 5.11. The molecule has 0 spiro atoms. The van der Waals surface area contributed by atoms with Crippen molar-refractivity contribution in [2.75, 3.05) is 6.61 Å². The van der Waals surface area contributed by atoms with E-state index < -0.39 is 0 Å². The molecule has 1 aromatic heterocycles. The van der Waals surface area contributed by atoms with Gasteiger partial charge in [0.1, 0.15) is 22.5 Å². The predicted molar refractivity (Wildman–Crippen MR) is 94.6 cm³/mol. The molecule has 0 fully saturated rings. The van der Waals surface area contributed by atoms with Gasteiger partial charge in [0.25, 0.3) is 0 Å². The minimum absolute atomic E-state index is 0.175. The summed E-state index contributed by atoms with van der Waals surface area (Å²) in [5.41, 5.74) is 3.36. The Balaban J connectivity index is 1.78. The topological polar surface area (TPSA) is 60.2 Å². The molecule has 5 nitrogen and oxygen atoms in total. The normalized spacial score (nSPS) is 12.6. The molecule has 3 rings (SSSR count). The van der Waals surface area contributed by atoms with E-state index in [1.165, 1.54) is 4.80 Å². The SMILES string of the molecule is CCCOC(C)CCc1ccc(O)c(-n2nc3ccccc3n2)c1. The summed E-state index contributed by atoms with van der Waals surface area (Å²) in [6.07, 6.45) is 3.09. The minimum atomic E-state index is 0.175. The van der Waals surface area contributed by atoms with Gasteiger partial charge < -0.3 is 9.84 Å². The summed E-state index contributed by atoms with van der Waals surface area (Å²) >= 11 is 0. The molecule has 0 radical (unpaired) electrons. The lowest BCUT2D eigenvalue weighted by Gasteiger charge is -2.13. The first-order valence-electron chi connectivity index (χ1n) is 8.43. The second kappa shape index (κ2) is 7.45. The average Bonchev–Trinajstić information content (AvgIpc) is 3.03. The molecular formula is C19H23N3O2. The molecule has 0 saturated heterocycles. The van der Waals surface area contributed by atoms with E-state index >= 15 is 0 Å². The first kappa shape index (κ1) is 16.5. The van der Waals surface area contributed by atoms with Crippen LogP contribution in [0.3, 0.4) is 0 Å². The van der Waals surface area contributed by atoms with E-state index in [1.54, 1.807) is 6.07 Å². The van der Waals surface area contributed by atoms with Crippen LogP contribution >= 0.6 is 0 Å². The van der Waals surface area contributed by atoms with Crippen LogP contribution in [0.4, 0.5) is 0 Å². The van der Waals surface area contributed by atoms with Crippen LogP contribution in [0.5, 0.6) is 5.75 Å². The highest BCUT2D eigenvalue weighted by atomic mass is 16.5. The van der Waals surface area contributed by atoms with Gasteiger partial charge >= 0.3 is 0 Å². The lowest BCUT2D eigenvalue weighted by Crippen LogP contribution is -2.10. The molecule has 2 aromatic carbocycles. The number of hydrogen-bond acceptors (Lipinski definition) is 4. The fourth-order valence-electron chi connectivity index (χ4n) is 2.62. The lowest BCUT2D eigenvalue weighted by atomic mass is 10.1. The van der Waals surface area contributed by atoms with Crippen LogP contribution in [-0.2, 0) is 11.2 Å². The maximum absolute atomic E-state index is 10.2. The number of phenols is 1.